The van der Waals surface area contributed by atoms with Gasteiger partial charge in [-0.3, -0.25) is 9.59 Å². The fourth-order valence-electron chi connectivity index (χ4n) is 3.28. The summed E-state index contributed by atoms with van der Waals surface area (Å²) < 4.78 is 11.3. The highest BCUT2D eigenvalue weighted by Crippen LogP contribution is 2.38. The summed E-state index contributed by atoms with van der Waals surface area (Å²) in [6.07, 6.45) is 1.69. The number of aryl methyl sites for hydroxylation is 1. The molecule has 3 aromatic carbocycles. The molecule has 1 aliphatic rings. The predicted molar refractivity (Wildman–Crippen MR) is 128 cm³/mol. The molecule has 1 heterocycles. The zero-order chi connectivity index (χ0) is 22.7. The SMILES string of the molecule is COc1cc(/C=C2\SC(=O)N(c3ccccc3C)C2=O)ccc1OCc1ccc(Cl)cc1. The summed E-state index contributed by atoms with van der Waals surface area (Å²) in [5.41, 5.74) is 3.17. The van der Waals surface area contributed by atoms with Crippen LogP contribution in [0.25, 0.3) is 6.08 Å². The summed E-state index contributed by atoms with van der Waals surface area (Å²) in [4.78, 5) is 27.0. The quantitative estimate of drug-likeness (QED) is 0.390. The Bertz CT molecular complexity index is 1210. The number of nitrogens with zero attached hydrogens (tertiary/aromatic N) is 1. The van der Waals surface area contributed by atoms with Crippen LogP contribution >= 0.6 is 23.4 Å². The van der Waals surface area contributed by atoms with E-state index in [2.05, 4.69) is 0 Å². The van der Waals surface area contributed by atoms with Gasteiger partial charge in [0, 0.05) is 5.02 Å². The van der Waals surface area contributed by atoms with Gasteiger partial charge in [0.05, 0.1) is 17.7 Å². The second-order valence-corrected chi connectivity index (χ2v) is 8.56. The van der Waals surface area contributed by atoms with Crippen molar-refractivity contribution in [3.8, 4) is 11.5 Å². The minimum Gasteiger partial charge on any atom is -0.493 e. The smallest absolute Gasteiger partial charge is 0.298 e. The molecule has 5 nitrogen and oxygen atoms in total. The number of para-hydroxylation sites is 1. The molecular weight excluding hydrogens is 446 g/mol. The standard InChI is InChI=1S/C25H20ClNO4S/c1-16-5-3-4-6-20(16)27-24(28)23(32-25(27)29)14-18-9-12-21(22(13-18)30-2)31-15-17-7-10-19(26)11-8-17/h3-14H,15H2,1-2H3/b23-14-. The average molecular weight is 466 g/mol. The molecule has 0 aliphatic carbocycles. The summed E-state index contributed by atoms with van der Waals surface area (Å²) in [5, 5.41) is 0.355. The van der Waals surface area contributed by atoms with Crippen LogP contribution in [0.2, 0.25) is 5.02 Å². The number of imide groups is 1. The zero-order valence-electron chi connectivity index (χ0n) is 17.5. The molecule has 0 unspecified atom stereocenters. The van der Waals surface area contributed by atoms with Crippen LogP contribution < -0.4 is 14.4 Å². The Morgan fingerprint density at radius 3 is 2.47 bits per heavy atom. The molecule has 0 atom stereocenters. The number of hydrogen-bond donors (Lipinski definition) is 0. The van der Waals surface area contributed by atoms with Crippen molar-refractivity contribution in [2.24, 2.45) is 0 Å². The first-order valence-electron chi connectivity index (χ1n) is 9.85. The van der Waals surface area contributed by atoms with Crippen molar-refractivity contribution in [3.05, 3.63) is 93.3 Å². The number of anilines is 1. The predicted octanol–water partition coefficient (Wildman–Crippen LogP) is 6.48. The largest absolute Gasteiger partial charge is 0.493 e. The molecule has 7 heteroatoms. The Morgan fingerprint density at radius 1 is 1.00 bits per heavy atom. The molecule has 3 aromatic rings. The van der Waals surface area contributed by atoms with E-state index in [9.17, 15) is 9.59 Å². The topological polar surface area (TPSA) is 55.8 Å². The third-order valence-electron chi connectivity index (χ3n) is 4.94. The van der Waals surface area contributed by atoms with Gasteiger partial charge in [0.15, 0.2) is 11.5 Å². The summed E-state index contributed by atoms with van der Waals surface area (Å²) in [6, 6.07) is 20.1. The number of methoxy groups -OCH3 is 1. The molecular formula is C25H20ClNO4S. The Hall–Kier alpha value is -3.22. The molecule has 0 spiro atoms. The van der Waals surface area contributed by atoms with Crippen LogP contribution in [-0.2, 0) is 11.4 Å². The van der Waals surface area contributed by atoms with E-state index in [4.69, 9.17) is 21.1 Å². The fraction of sp³-hybridized carbons (Fsp3) is 0.120. The molecule has 0 saturated carbocycles. The number of ether oxygens (including phenoxy) is 2. The number of thioether (sulfide) groups is 1. The molecule has 0 radical (unpaired) electrons. The molecule has 4 rings (SSSR count). The summed E-state index contributed by atoms with van der Waals surface area (Å²) in [5.74, 6) is 0.773. The number of halogens is 1. The first-order valence-corrected chi connectivity index (χ1v) is 11.0. The first kappa shape index (κ1) is 22.0. The normalized spacial score (nSPS) is 14.8. The van der Waals surface area contributed by atoms with Gasteiger partial charge in [-0.1, -0.05) is 48.0 Å². The highest BCUT2D eigenvalue weighted by Gasteiger charge is 2.36. The number of rotatable bonds is 6. The van der Waals surface area contributed by atoms with Gasteiger partial charge in [-0.2, -0.15) is 0 Å². The van der Waals surface area contributed by atoms with E-state index in [1.54, 1.807) is 31.4 Å². The van der Waals surface area contributed by atoms with Crippen molar-refractivity contribution < 1.29 is 19.1 Å². The van der Waals surface area contributed by atoms with Crippen molar-refractivity contribution in [2.75, 3.05) is 12.0 Å². The molecule has 162 valence electrons. The summed E-state index contributed by atoms with van der Waals surface area (Å²) in [7, 11) is 1.56. The Labute approximate surface area is 195 Å². The first-order chi connectivity index (χ1) is 15.5. The molecule has 1 aliphatic heterocycles. The highest BCUT2D eigenvalue weighted by atomic mass is 35.5. The van der Waals surface area contributed by atoms with Crippen LogP contribution in [0.3, 0.4) is 0 Å². The van der Waals surface area contributed by atoms with E-state index < -0.39 is 0 Å². The molecule has 0 aromatic heterocycles. The lowest BCUT2D eigenvalue weighted by Gasteiger charge is -2.14. The number of hydrogen-bond acceptors (Lipinski definition) is 5. The van der Waals surface area contributed by atoms with Crippen LogP contribution in [-0.4, -0.2) is 18.3 Å². The van der Waals surface area contributed by atoms with Crippen molar-refractivity contribution >= 4 is 46.3 Å². The van der Waals surface area contributed by atoms with Gasteiger partial charge in [-0.05, 0) is 71.8 Å². The van der Waals surface area contributed by atoms with Crippen LogP contribution in [0.1, 0.15) is 16.7 Å². The molecule has 2 amide bonds. The van der Waals surface area contributed by atoms with Crippen LogP contribution in [0, 0.1) is 6.92 Å². The molecule has 1 saturated heterocycles. The number of amides is 2. The second kappa shape index (κ2) is 9.51. The van der Waals surface area contributed by atoms with Crippen molar-refractivity contribution in [3.63, 3.8) is 0 Å². The Kier molecular flexibility index (Phi) is 6.53. The monoisotopic (exact) mass is 465 g/mol. The van der Waals surface area contributed by atoms with E-state index in [-0.39, 0.29) is 11.1 Å². The van der Waals surface area contributed by atoms with E-state index in [1.165, 1.54) is 4.90 Å². The maximum absolute atomic E-state index is 12.9. The Balaban J connectivity index is 1.54. The minimum absolute atomic E-state index is 0.314. The molecule has 32 heavy (non-hydrogen) atoms. The number of benzene rings is 3. The van der Waals surface area contributed by atoms with Crippen LogP contribution in [0.5, 0.6) is 11.5 Å². The van der Waals surface area contributed by atoms with Gasteiger partial charge in [0.1, 0.15) is 6.61 Å². The lowest BCUT2D eigenvalue weighted by Crippen LogP contribution is -2.28. The lowest BCUT2D eigenvalue weighted by molar-refractivity contribution is -0.113. The van der Waals surface area contributed by atoms with Crippen molar-refractivity contribution in [1.82, 2.24) is 0 Å². The second-order valence-electron chi connectivity index (χ2n) is 7.13. The van der Waals surface area contributed by atoms with E-state index in [0.717, 1.165) is 28.5 Å². The van der Waals surface area contributed by atoms with Gasteiger partial charge in [-0.15, -0.1) is 0 Å². The third-order valence-corrected chi connectivity index (χ3v) is 6.06. The van der Waals surface area contributed by atoms with E-state index in [1.807, 2.05) is 55.5 Å². The lowest BCUT2D eigenvalue weighted by atomic mass is 10.1. The number of carbonyl (C=O) groups is 2. The highest BCUT2D eigenvalue weighted by molar-refractivity contribution is 8.19. The average Bonchev–Trinajstić information content (AvgIpc) is 3.07. The summed E-state index contributed by atoms with van der Waals surface area (Å²) in [6.45, 7) is 2.23. The zero-order valence-corrected chi connectivity index (χ0v) is 19.1. The van der Waals surface area contributed by atoms with Crippen molar-refractivity contribution in [2.45, 2.75) is 13.5 Å². The minimum atomic E-state index is -0.337. The van der Waals surface area contributed by atoms with Gasteiger partial charge in [0.2, 0.25) is 0 Å². The van der Waals surface area contributed by atoms with Gasteiger partial charge >= 0.3 is 0 Å². The third kappa shape index (κ3) is 4.66. The molecule has 0 bridgehead atoms. The van der Waals surface area contributed by atoms with Crippen LogP contribution in [0.4, 0.5) is 10.5 Å². The van der Waals surface area contributed by atoms with Gasteiger partial charge in [-0.25, -0.2) is 4.90 Å². The summed E-state index contributed by atoms with van der Waals surface area (Å²) >= 11 is 6.84. The Morgan fingerprint density at radius 2 is 1.75 bits per heavy atom. The van der Waals surface area contributed by atoms with Crippen molar-refractivity contribution in [1.29, 1.82) is 0 Å². The fourth-order valence-corrected chi connectivity index (χ4v) is 4.24. The van der Waals surface area contributed by atoms with Crippen LogP contribution in [0.15, 0.2) is 71.6 Å². The maximum Gasteiger partial charge on any atom is 0.298 e. The maximum atomic E-state index is 12.9. The molecule has 0 N–H and O–H groups in total. The van der Waals surface area contributed by atoms with E-state index in [0.29, 0.717) is 33.7 Å². The van der Waals surface area contributed by atoms with Gasteiger partial charge < -0.3 is 9.47 Å². The van der Waals surface area contributed by atoms with Gasteiger partial charge in [0.25, 0.3) is 11.1 Å². The number of carbonyl (C=O) groups excluding carboxylic acids is 2. The van der Waals surface area contributed by atoms with E-state index >= 15 is 0 Å². The molecule has 1 fully saturated rings.